The minimum Gasteiger partial charge on any atom is -0.494 e. The molecule has 0 aromatic heterocycles. The molecule has 184 valence electrons. The largest absolute Gasteiger partial charge is 0.494 e. The van der Waals surface area contributed by atoms with Crippen LogP contribution >= 0.6 is 0 Å². The Morgan fingerprint density at radius 1 is 0.972 bits per heavy atom. The van der Waals surface area contributed by atoms with Crippen molar-refractivity contribution in [3.63, 3.8) is 0 Å². The van der Waals surface area contributed by atoms with Crippen molar-refractivity contribution in [1.29, 1.82) is 0 Å². The Bertz CT molecular complexity index is 1400. The summed E-state index contributed by atoms with van der Waals surface area (Å²) < 4.78 is 10.9. The second kappa shape index (κ2) is 10.8. The van der Waals surface area contributed by atoms with Gasteiger partial charge in [-0.15, -0.1) is 0 Å². The van der Waals surface area contributed by atoms with E-state index in [4.69, 9.17) is 20.3 Å². The summed E-state index contributed by atoms with van der Waals surface area (Å²) in [5.41, 5.74) is 14.6. The molecule has 0 amide bonds. The Kier molecular flexibility index (Phi) is 7.41. The van der Waals surface area contributed by atoms with E-state index in [0.717, 1.165) is 16.7 Å². The number of nitrogens with two attached hydrogens (primary N) is 1. The number of nitrogens with zero attached hydrogens (tertiary/aromatic N) is 3. The summed E-state index contributed by atoms with van der Waals surface area (Å²) in [6.07, 6.45) is 3.47. The molecule has 4 N–H and O–H groups in total. The van der Waals surface area contributed by atoms with E-state index in [2.05, 4.69) is 20.8 Å². The molecule has 0 aliphatic heterocycles. The van der Waals surface area contributed by atoms with E-state index < -0.39 is 0 Å². The van der Waals surface area contributed by atoms with Gasteiger partial charge < -0.3 is 20.3 Å². The van der Waals surface area contributed by atoms with Crippen LogP contribution in [0.25, 0.3) is 6.08 Å². The highest BCUT2D eigenvalue weighted by Crippen LogP contribution is 2.34. The monoisotopic (exact) mass is 485 g/mol. The van der Waals surface area contributed by atoms with Crippen LogP contribution in [0, 0.1) is 13.8 Å². The van der Waals surface area contributed by atoms with E-state index in [1.165, 1.54) is 0 Å². The molecule has 3 aromatic rings. The normalized spacial score (nSPS) is 13.8. The zero-order valence-corrected chi connectivity index (χ0v) is 20.3. The van der Waals surface area contributed by atoms with Crippen LogP contribution in [-0.4, -0.2) is 36.9 Å². The van der Waals surface area contributed by atoms with Gasteiger partial charge in [0.2, 0.25) is 5.78 Å². The first-order valence-electron chi connectivity index (χ1n) is 11.3. The zero-order chi connectivity index (χ0) is 25.7. The van der Waals surface area contributed by atoms with Crippen LogP contribution in [0.4, 0.5) is 22.7 Å². The zero-order valence-electron chi connectivity index (χ0n) is 20.3. The van der Waals surface area contributed by atoms with Crippen LogP contribution in [0.5, 0.6) is 11.5 Å². The molecule has 36 heavy (non-hydrogen) atoms. The maximum absolute atomic E-state index is 12.8. The molecule has 0 heterocycles. The van der Waals surface area contributed by atoms with E-state index in [9.17, 15) is 4.79 Å². The van der Waals surface area contributed by atoms with Gasteiger partial charge in [-0.1, -0.05) is 6.08 Å². The number of hydrogen-bond donors (Lipinski definition) is 3. The number of carbonyl (C=O) groups excluding carboxylic acids is 1. The number of nitrogen functional groups attached to an aromatic ring is 1. The first kappa shape index (κ1) is 24.6. The minimum absolute atomic E-state index is 0.0460. The van der Waals surface area contributed by atoms with Gasteiger partial charge in [0, 0.05) is 17.3 Å². The predicted molar refractivity (Wildman–Crippen MR) is 141 cm³/mol. The Labute approximate surface area is 209 Å². The molecular formula is C27H27N5O4. The molecule has 9 nitrogen and oxygen atoms in total. The minimum atomic E-state index is -0.191. The third-order valence-corrected chi connectivity index (χ3v) is 5.58. The van der Waals surface area contributed by atoms with Crippen molar-refractivity contribution in [2.45, 2.75) is 13.8 Å². The van der Waals surface area contributed by atoms with Gasteiger partial charge in [-0.05, 0) is 79.1 Å². The van der Waals surface area contributed by atoms with Crippen molar-refractivity contribution >= 4 is 40.3 Å². The predicted octanol–water partition coefficient (Wildman–Crippen LogP) is 5.36. The average Bonchev–Trinajstić information content (AvgIpc) is 2.87. The van der Waals surface area contributed by atoms with Crippen LogP contribution in [0.1, 0.15) is 27.0 Å². The van der Waals surface area contributed by atoms with Gasteiger partial charge in [0.15, 0.2) is 0 Å². The molecule has 1 aliphatic rings. The molecule has 1 aliphatic carbocycles. The number of carbonyl (C=O) groups is 1. The molecule has 4 rings (SSSR count). The first-order valence-corrected chi connectivity index (χ1v) is 11.3. The van der Waals surface area contributed by atoms with Gasteiger partial charge in [0.1, 0.15) is 23.8 Å². The number of azo groups is 1. The van der Waals surface area contributed by atoms with Gasteiger partial charge in [-0.25, -0.2) is 0 Å². The fourth-order valence-corrected chi connectivity index (χ4v) is 3.66. The van der Waals surface area contributed by atoms with Crippen molar-refractivity contribution < 1.29 is 19.4 Å². The number of hydrogen-bond acceptors (Lipinski definition) is 9. The topological polar surface area (TPSA) is 131 Å². The number of anilines is 2. The van der Waals surface area contributed by atoms with Gasteiger partial charge in [-0.2, -0.15) is 15.3 Å². The summed E-state index contributed by atoms with van der Waals surface area (Å²) in [5, 5.41) is 22.0. The van der Waals surface area contributed by atoms with Crippen molar-refractivity contribution in [3.8, 4) is 11.5 Å². The lowest BCUT2D eigenvalue weighted by Gasteiger charge is -2.14. The number of aliphatic hydroxyl groups is 1. The summed E-state index contributed by atoms with van der Waals surface area (Å²) in [6.45, 7) is 4.00. The highest BCUT2D eigenvalue weighted by Gasteiger charge is 2.20. The summed E-state index contributed by atoms with van der Waals surface area (Å²) in [6, 6.07) is 14.2. The number of aliphatic hydroxyl groups excluding tert-OH is 1. The van der Waals surface area contributed by atoms with E-state index in [-0.39, 0.29) is 24.7 Å². The molecule has 0 atom stereocenters. The number of ether oxygens (including phenoxy) is 2. The summed E-state index contributed by atoms with van der Waals surface area (Å²) >= 11 is 0. The van der Waals surface area contributed by atoms with E-state index >= 15 is 0 Å². The van der Waals surface area contributed by atoms with E-state index in [0.29, 0.717) is 39.8 Å². The highest BCUT2D eigenvalue weighted by molar-refractivity contribution is 6.52. The highest BCUT2D eigenvalue weighted by atomic mass is 16.5. The number of nitrogens with one attached hydrogen (secondary N) is 1. The fourth-order valence-electron chi connectivity index (χ4n) is 3.66. The van der Waals surface area contributed by atoms with Gasteiger partial charge in [0.05, 0.1) is 30.8 Å². The third-order valence-electron chi connectivity index (χ3n) is 5.58. The molecule has 0 spiro atoms. The second-order valence-corrected chi connectivity index (χ2v) is 8.18. The SMILES string of the molecule is COc1cc(/N=N/c2ccc(OCCO)cc2C)c(C)cc1N/N=C1/C=Cc2cc(N)ccc2C1=O. The Morgan fingerprint density at radius 3 is 2.50 bits per heavy atom. The summed E-state index contributed by atoms with van der Waals surface area (Å²) in [7, 11) is 1.55. The molecular weight excluding hydrogens is 458 g/mol. The molecule has 9 heteroatoms. The maximum Gasteiger partial charge on any atom is 0.213 e. The van der Waals surface area contributed by atoms with Crippen LogP contribution in [0.2, 0.25) is 0 Å². The van der Waals surface area contributed by atoms with Gasteiger partial charge in [0.25, 0.3) is 0 Å². The number of ketones is 1. The number of benzene rings is 3. The molecule has 0 saturated carbocycles. The molecule has 0 bridgehead atoms. The Hall–Kier alpha value is -4.50. The number of Topliss-reactive ketones (excluding diaryl/α,β-unsaturated/α-hetero) is 1. The van der Waals surface area contributed by atoms with Crippen LogP contribution in [0.3, 0.4) is 0 Å². The average molecular weight is 486 g/mol. The number of hydrazone groups is 1. The number of aryl methyl sites for hydroxylation is 2. The van der Waals surface area contributed by atoms with Crippen molar-refractivity contribution in [2.75, 3.05) is 31.5 Å². The molecule has 0 unspecified atom stereocenters. The van der Waals surface area contributed by atoms with Crippen molar-refractivity contribution in [2.24, 2.45) is 15.3 Å². The molecule has 0 fully saturated rings. The Morgan fingerprint density at radius 2 is 1.75 bits per heavy atom. The first-order chi connectivity index (χ1) is 17.4. The smallest absolute Gasteiger partial charge is 0.213 e. The lowest BCUT2D eigenvalue weighted by molar-refractivity contribution is 0.106. The third kappa shape index (κ3) is 5.42. The standard InChI is InChI=1S/C27H27N5O4/c1-16-12-20(36-11-10-33)6-9-22(16)29-31-24-15-26(35-3)25(13-17(24)2)32-30-23-8-4-18-14-19(28)5-7-21(18)27(23)34/h4-9,12-15,32-33H,10-11,28H2,1-3H3/b30-23-,31-29+. The number of rotatable bonds is 8. The van der Waals surface area contributed by atoms with Crippen LogP contribution in [-0.2, 0) is 0 Å². The van der Waals surface area contributed by atoms with Crippen LogP contribution in [0.15, 0.2) is 69.9 Å². The summed E-state index contributed by atoms with van der Waals surface area (Å²) in [5.74, 6) is 0.974. The van der Waals surface area contributed by atoms with Gasteiger partial charge in [-0.3, -0.25) is 10.2 Å². The molecule has 0 saturated heterocycles. The lowest BCUT2D eigenvalue weighted by Crippen LogP contribution is -2.18. The maximum atomic E-state index is 12.8. The fraction of sp³-hybridized carbons (Fsp3) is 0.185. The lowest BCUT2D eigenvalue weighted by atomic mass is 9.94. The Balaban J connectivity index is 1.53. The van der Waals surface area contributed by atoms with Crippen molar-refractivity contribution in [3.05, 3.63) is 76.9 Å². The van der Waals surface area contributed by atoms with E-state index in [1.54, 1.807) is 43.5 Å². The van der Waals surface area contributed by atoms with Crippen LogP contribution < -0.4 is 20.6 Å². The van der Waals surface area contributed by atoms with Crippen molar-refractivity contribution in [1.82, 2.24) is 0 Å². The number of fused-ring (bicyclic) bond motifs is 1. The number of methoxy groups -OCH3 is 1. The molecule has 0 radical (unpaired) electrons. The second-order valence-electron chi connectivity index (χ2n) is 8.18. The van der Waals surface area contributed by atoms with Gasteiger partial charge >= 0.3 is 0 Å². The number of allylic oxidation sites excluding steroid dienone is 1. The quantitative estimate of drug-likeness (QED) is 0.224. The molecule has 3 aromatic carbocycles. The van der Waals surface area contributed by atoms with E-state index in [1.807, 2.05) is 38.1 Å². The summed E-state index contributed by atoms with van der Waals surface area (Å²) in [4.78, 5) is 12.8.